The van der Waals surface area contributed by atoms with Gasteiger partial charge in [0.05, 0.1) is 10.6 Å². The molecule has 0 aliphatic carbocycles. The van der Waals surface area contributed by atoms with Gasteiger partial charge in [0.1, 0.15) is 5.69 Å². The Hall–Kier alpha value is -3.24. The van der Waals surface area contributed by atoms with Gasteiger partial charge >= 0.3 is 12.2 Å². The third kappa shape index (κ3) is 3.96. The molecule has 2 amide bonds. The molecule has 0 bridgehead atoms. The largest absolute Gasteiger partial charge is 0.433 e. The number of nitrogens with two attached hydrogens (primary N) is 1. The Labute approximate surface area is 152 Å². The third-order valence-corrected chi connectivity index (χ3v) is 3.73. The number of rotatable bonds is 4. The van der Waals surface area contributed by atoms with Crippen LogP contribution in [0.1, 0.15) is 36.7 Å². The molecule has 0 saturated heterocycles. The lowest BCUT2D eigenvalue weighted by atomic mass is 10.0. The first-order valence-corrected chi connectivity index (χ1v) is 7.73. The van der Waals surface area contributed by atoms with Crippen LogP contribution >= 0.6 is 0 Å². The monoisotopic (exact) mass is 383 g/mol. The Morgan fingerprint density at radius 1 is 1.26 bits per heavy atom. The predicted molar refractivity (Wildman–Crippen MR) is 90.7 cm³/mol. The molecule has 0 aliphatic heterocycles. The maximum atomic E-state index is 13.4. The van der Waals surface area contributed by atoms with Gasteiger partial charge in [-0.2, -0.15) is 13.2 Å². The van der Waals surface area contributed by atoms with Crippen molar-refractivity contribution >= 4 is 23.4 Å². The number of alkyl halides is 3. The number of nitro benzene ring substituents is 1. The summed E-state index contributed by atoms with van der Waals surface area (Å²) in [6, 6.07) is 3.73. The number of benzene rings is 1. The van der Waals surface area contributed by atoms with Crippen molar-refractivity contribution in [1.29, 1.82) is 0 Å². The van der Waals surface area contributed by atoms with Crippen LogP contribution in [0.4, 0.5) is 35.3 Å². The van der Waals surface area contributed by atoms with Crippen molar-refractivity contribution in [2.75, 3.05) is 4.90 Å². The molecule has 1 aromatic carbocycles. The number of nitrogens with zero attached hydrogens (tertiary/aromatic N) is 4. The number of hydrogen-bond acceptors (Lipinski definition) is 5. The zero-order valence-corrected chi connectivity index (χ0v) is 14.6. The van der Waals surface area contributed by atoms with E-state index in [4.69, 9.17) is 5.73 Å². The fraction of sp³-hybridized carbons (Fsp3) is 0.312. The first-order valence-electron chi connectivity index (χ1n) is 7.73. The van der Waals surface area contributed by atoms with Crippen LogP contribution in [0.3, 0.4) is 0 Å². The van der Waals surface area contributed by atoms with Gasteiger partial charge in [0, 0.05) is 11.6 Å². The smallest absolute Gasteiger partial charge is 0.351 e. The van der Waals surface area contributed by atoms with E-state index in [9.17, 15) is 28.1 Å². The van der Waals surface area contributed by atoms with Crippen LogP contribution in [-0.4, -0.2) is 20.9 Å². The molecule has 0 radical (unpaired) electrons. The summed E-state index contributed by atoms with van der Waals surface area (Å²) in [4.78, 5) is 30.4. The van der Waals surface area contributed by atoms with Gasteiger partial charge < -0.3 is 5.73 Å². The summed E-state index contributed by atoms with van der Waals surface area (Å²) in [7, 11) is 0. The van der Waals surface area contributed by atoms with Crippen LogP contribution in [-0.2, 0) is 6.18 Å². The number of primary amides is 1. The molecule has 0 atom stereocenters. The quantitative estimate of drug-likeness (QED) is 0.632. The normalized spacial score (nSPS) is 11.5. The molecule has 8 nitrogen and oxygen atoms in total. The van der Waals surface area contributed by atoms with Crippen molar-refractivity contribution in [2.24, 2.45) is 5.73 Å². The summed E-state index contributed by atoms with van der Waals surface area (Å²) in [5, 5.41) is 11.2. The maximum absolute atomic E-state index is 13.4. The number of hydrogen-bond donors (Lipinski definition) is 1. The average molecular weight is 383 g/mol. The van der Waals surface area contributed by atoms with E-state index in [1.165, 1.54) is 25.1 Å². The Balaban J connectivity index is 2.82. The maximum Gasteiger partial charge on any atom is 0.433 e. The second kappa shape index (κ2) is 7.17. The van der Waals surface area contributed by atoms with E-state index < -0.39 is 40.4 Å². The van der Waals surface area contributed by atoms with Gasteiger partial charge in [0.15, 0.2) is 5.69 Å². The Morgan fingerprint density at radius 2 is 1.85 bits per heavy atom. The summed E-state index contributed by atoms with van der Waals surface area (Å²) in [6.07, 6.45) is -4.81. The topological polar surface area (TPSA) is 115 Å². The van der Waals surface area contributed by atoms with Gasteiger partial charge in [-0.3, -0.25) is 10.1 Å². The molecule has 1 aromatic heterocycles. The highest BCUT2D eigenvalue weighted by molar-refractivity contribution is 5.98. The number of amides is 2. The molecular weight excluding hydrogens is 367 g/mol. The number of aromatic nitrogens is 2. The number of urea groups is 1. The summed E-state index contributed by atoms with van der Waals surface area (Å²) >= 11 is 0. The van der Waals surface area contributed by atoms with Crippen LogP contribution in [0.2, 0.25) is 0 Å². The molecule has 11 heteroatoms. The summed E-state index contributed by atoms with van der Waals surface area (Å²) in [6.45, 7) is 4.47. The van der Waals surface area contributed by atoms with E-state index in [0.717, 1.165) is 6.07 Å². The van der Waals surface area contributed by atoms with Gasteiger partial charge in [0.2, 0.25) is 5.95 Å². The minimum atomic E-state index is -4.81. The molecule has 0 saturated carbocycles. The number of carbonyl (C=O) groups is 1. The van der Waals surface area contributed by atoms with Crippen molar-refractivity contribution in [3.63, 3.8) is 0 Å². The van der Waals surface area contributed by atoms with Crippen molar-refractivity contribution in [2.45, 2.75) is 32.9 Å². The number of carbonyl (C=O) groups excluding carboxylic acids is 1. The molecule has 0 spiro atoms. The van der Waals surface area contributed by atoms with E-state index in [1.807, 2.05) is 0 Å². The highest BCUT2D eigenvalue weighted by Crippen LogP contribution is 2.37. The Bertz CT molecular complexity index is 899. The Kier molecular flexibility index (Phi) is 5.33. The zero-order valence-electron chi connectivity index (χ0n) is 14.6. The fourth-order valence-electron chi connectivity index (χ4n) is 2.59. The van der Waals surface area contributed by atoms with E-state index in [0.29, 0.717) is 4.90 Å². The van der Waals surface area contributed by atoms with Crippen LogP contribution in [0.5, 0.6) is 0 Å². The molecule has 144 valence electrons. The van der Waals surface area contributed by atoms with Crippen molar-refractivity contribution in [1.82, 2.24) is 9.97 Å². The lowest BCUT2D eigenvalue weighted by Crippen LogP contribution is -2.34. The van der Waals surface area contributed by atoms with E-state index in [-0.39, 0.29) is 16.9 Å². The van der Waals surface area contributed by atoms with Crippen molar-refractivity contribution < 1.29 is 22.9 Å². The third-order valence-electron chi connectivity index (χ3n) is 3.73. The molecule has 0 aliphatic rings. The number of para-hydroxylation sites is 2. The first-order chi connectivity index (χ1) is 12.4. The molecule has 2 N–H and O–H groups in total. The van der Waals surface area contributed by atoms with Crippen LogP contribution in [0, 0.1) is 17.0 Å². The highest BCUT2D eigenvalue weighted by Gasteiger charge is 2.38. The predicted octanol–water partition coefficient (Wildman–Crippen LogP) is 4.05. The van der Waals surface area contributed by atoms with Crippen molar-refractivity contribution in [3.05, 3.63) is 51.3 Å². The molecular formula is C16H16F3N5O3. The fourth-order valence-corrected chi connectivity index (χ4v) is 2.59. The summed E-state index contributed by atoms with van der Waals surface area (Å²) < 4.78 is 40.2. The van der Waals surface area contributed by atoms with Crippen LogP contribution in [0.15, 0.2) is 24.3 Å². The summed E-state index contributed by atoms with van der Waals surface area (Å²) in [5.41, 5.74) is 3.07. The number of halogens is 3. The van der Waals surface area contributed by atoms with Crippen molar-refractivity contribution in [3.8, 4) is 0 Å². The zero-order chi connectivity index (χ0) is 20.5. The lowest BCUT2D eigenvalue weighted by molar-refractivity contribution is -0.384. The molecule has 27 heavy (non-hydrogen) atoms. The highest BCUT2D eigenvalue weighted by atomic mass is 19.4. The van der Waals surface area contributed by atoms with Crippen LogP contribution < -0.4 is 10.6 Å². The minimum Gasteiger partial charge on any atom is -0.351 e. The van der Waals surface area contributed by atoms with Gasteiger partial charge in [-0.25, -0.2) is 19.7 Å². The molecule has 2 aromatic rings. The molecule has 0 unspecified atom stereocenters. The van der Waals surface area contributed by atoms with Gasteiger partial charge in [-0.1, -0.05) is 26.0 Å². The molecule has 1 heterocycles. The molecule has 0 fully saturated rings. The minimum absolute atomic E-state index is 0.0529. The SMILES string of the molecule is Cc1c(C(C)C)nc(N(C(N)=O)c2ccccc2[N+](=O)[O-])nc1C(F)(F)F. The average Bonchev–Trinajstić information content (AvgIpc) is 2.54. The lowest BCUT2D eigenvalue weighted by Gasteiger charge is -2.22. The molecule has 2 rings (SSSR count). The van der Waals surface area contributed by atoms with Gasteiger partial charge in [0.25, 0.3) is 5.69 Å². The number of nitro groups is 1. The van der Waals surface area contributed by atoms with Crippen LogP contribution in [0.25, 0.3) is 0 Å². The first kappa shape index (κ1) is 20.1. The summed E-state index contributed by atoms with van der Waals surface area (Å²) in [5.74, 6) is -1.10. The van der Waals surface area contributed by atoms with Gasteiger partial charge in [-0.05, 0) is 18.9 Å². The second-order valence-electron chi connectivity index (χ2n) is 5.95. The Morgan fingerprint density at radius 3 is 2.33 bits per heavy atom. The van der Waals surface area contributed by atoms with E-state index in [1.54, 1.807) is 13.8 Å². The van der Waals surface area contributed by atoms with Gasteiger partial charge in [-0.15, -0.1) is 0 Å². The second-order valence-corrected chi connectivity index (χ2v) is 5.95. The number of anilines is 2. The van der Waals surface area contributed by atoms with E-state index >= 15 is 0 Å². The standard InChI is InChI=1S/C16H16F3N5O3/c1-8(2)12-9(3)13(16(17,18)19)22-15(21-12)23(14(20)25)10-6-4-5-7-11(10)24(26)27/h4-8H,1-3H3,(H2,20,25). The van der Waals surface area contributed by atoms with E-state index in [2.05, 4.69) is 9.97 Å².